The van der Waals surface area contributed by atoms with Crippen LogP contribution in [0.25, 0.3) is 0 Å². The molecule has 2 saturated heterocycles. The van der Waals surface area contributed by atoms with E-state index in [4.69, 9.17) is 4.74 Å². The Balaban J connectivity index is 1.77. The number of hydrogen-bond donors (Lipinski definition) is 1. The summed E-state index contributed by atoms with van der Waals surface area (Å²) in [5, 5.41) is 3.27. The first-order chi connectivity index (χ1) is 7.81. The van der Waals surface area contributed by atoms with E-state index >= 15 is 0 Å². The number of carbonyl (C=O) groups is 1. The number of amides is 1. The smallest absolute Gasteiger partial charge is 0.239 e. The van der Waals surface area contributed by atoms with Crippen molar-refractivity contribution < 1.29 is 9.53 Å². The van der Waals surface area contributed by atoms with E-state index < -0.39 is 0 Å². The van der Waals surface area contributed by atoms with Gasteiger partial charge in [0.25, 0.3) is 0 Å². The van der Waals surface area contributed by atoms with Crippen LogP contribution in [0.1, 0.15) is 25.7 Å². The van der Waals surface area contributed by atoms with Gasteiger partial charge in [-0.3, -0.25) is 4.79 Å². The van der Waals surface area contributed by atoms with Crippen molar-refractivity contribution >= 4 is 5.91 Å². The first-order valence-corrected chi connectivity index (χ1v) is 6.32. The highest BCUT2D eigenvalue weighted by Crippen LogP contribution is 2.19. The van der Waals surface area contributed by atoms with E-state index in [9.17, 15) is 4.79 Å². The van der Waals surface area contributed by atoms with Crippen LogP contribution in [-0.2, 0) is 9.53 Å². The second-order valence-corrected chi connectivity index (χ2v) is 4.87. The van der Waals surface area contributed by atoms with Crippen LogP contribution < -0.4 is 5.32 Å². The monoisotopic (exact) mass is 226 g/mol. The SMILES string of the molecule is COCC1CCN(C(=O)C2CCCN2)CC1. The maximum absolute atomic E-state index is 12.1. The van der Waals surface area contributed by atoms with Crippen LogP contribution in [0.15, 0.2) is 0 Å². The average Bonchev–Trinajstić information content (AvgIpc) is 2.83. The number of carbonyl (C=O) groups excluding carboxylic acids is 1. The summed E-state index contributed by atoms with van der Waals surface area (Å²) in [6.07, 6.45) is 4.33. The summed E-state index contributed by atoms with van der Waals surface area (Å²) in [4.78, 5) is 14.1. The minimum atomic E-state index is 0.0963. The molecule has 1 atom stereocenters. The zero-order chi connectivity index (χ0) is 11.4. The van der Waals surface area contributed by atoms with E-state index in [0.717, 1.165) is 51.9 Å². The number of nitrogens with zero attached hydrogens (tertiary/aromatic N) is 1. The lowest BCUT2D eigenvalue weighted by Crippen LogP contribution is -2.47. The molecule has 2 rings (SSSR count). The molecule has 0 bridgehead atoms. The quantitative estimate of drug-likeness (QED) is 0.767. The van der Waals surface area contributed by atoms with Gasteiger partial charge in [-0.05, 0) is 38.1 Å². The molecule has 0 radical (unpaired) electrons. The fourth-order valence-electron chi connectivity index (χ4n) is 2.67. The summed E-state index contributed by atoms with van der Waals surface area (Å²) in [5.41, 5.74) is 0. The van der Waals surface area contributed by atoms with Gasteiger partial charge in [0, 0.05) is 26.8 Å². The van der Waals surface area contributed by atoms with Crippen molar-refractivity contribution in [1.29, 1.82) is 0 Å². The van der Waals surface area contributed by atoms with Gasteiger partial charge in [-0.1, -0.05) is 0 Å². The highest BCUT2D eigenvalue weighted by molar-refractivity contribution is 5.82. The first-order valence-electron chi connectivity index (χ1n) is 6.32. The molecular formula is C12H22N2O2. The zero-order valence-corrected chi connectivity index (χ0v) is 10.1. The fourth-order valence-corrected chi connectivity index (χ4v) is 2.67. The van der Waals surface area contributed by atoms with Gasteiger partial charge >= 0.3 is 0 Å². The second kappa shape index (κ2) is 5.64. The van der Waals surface area contributed by atoms with E-state index in [2.05, 4.69) is 5.32 Å². The van der Waals surface area contributed by atoms with Gasteiger partial charge in [-0.2, -0.15) is 0 Å². The Morgan fingerprint density at radius 2 is 2.12 bits per heavy atom. The summed E-state index contributed by atoms with van der Waals surface area (Å²) in [6, 6.07) is 0.0963. The molecule has 0 aromatic rings. The molecule has 0 aromatic carbocycles. The van der Waals surface area contributed by atoms with E-state index in [-0.39, 0.29) is 6.04 Å². The standard InChI is InChI=1S/C12H22N2O2/c1-16-9-10-4-7-14(8-5-10)12(15)11-3-2-6-13-11/h10-11,13H,2-9H2,1H3. The zero-order valence-electron chi connectivity index (χ0n) is 10.1. The Bertz CT molecular complexity index is 231. The maximum atomic E-state index is 12.1. The van der Waals surface area contributed by atoms with E-state index in [1.165, 1.54) is 0 Å². The van der Waals surface area contributed by atoms with Crippen LogP contribution in [0.5, 0.6) is 0 Å². The third-order valence-corrected chi connectivity index (χ3v) is 3.69. The molecule has 2 fully saturated rings. The summed E-state index contributed by atoms with van der Waals surface area (Å²) in [6.45, 7) is 3.65. The van der Waals surface area contributed by atoms with Crippen LogP contribution >= 0.6 is 0 Å². The molecule has 2 heterocycles. The van der Waals surface area contributed by atoms with Crippen molar-refractivity contribution in [3.8, 4) is 0 Å². The summed E-state index contributed by atoms with van der Waals surface area (Å²) in [7, 11) is 1.75. The van der Waals surface area contributed by atoms with Crippen molar-refractivity contribution in [2.45, 2.75) is 31.7 Å². The molecule has 2 aliphatic heterocycles. The predicted molar refractivity (Wildman–Crippen MR) is 62.2 cm³/mol. The molecule has 4 heteroatoms. The molecule has 16 heavy (non-hydrogen) atoms. The predicted octanol–water partition coefficient (Wildman–Crippen LogP) is 0.623. The van der Waals surface area contributed by atoms with E-state index in [0.29, 0.717) is 11.8 Å². The van der Waals surface area contributed by atoms with Crippen molar-refractivity contribution in [3.05, 3.63) is 0 Å². The van der Waals surface area contributed by atoms with Gasteiger partial charge in [0.15, 0.2) is 0 Å². The summed E-state index contributed by atoms with van der Waals surface area (Å²) < 4.78 is 5.16. The van der Waals surface area contributed by atoms with E-state index in [1.807, 2.05) is 4.90 Å². The second-order valence-electron chi connectivity index (χ2n) is 4.87. The maximum Gasteiger partial charge on any atom is 0.239 e. The van der Waals surface area contributed by atoms with Gasteiger partial charge in [0.05, 0.1) is 6.04 Å². The van der Waals surface area contributed by atoms with Crippen molar-refractivity contribution in [2.75, 3.05) is 33.4 Å². The lowest BCUT2D eigenvalue weighted by atomic mass is 9.97. The van der Waals surface area contributed by atoms with Gasteiger partial charge < -0.3 is 15.0 Å². The lowest BCUT2D eigenvalue weighted by molar-refractivity contribution is -0.134. The number of piperidine rings is 1. The molecule has 1 N–H and O–H groups in total. The molecule has 0 aliphatic carbocycles. The Morgan fingerprint density at radius 1 is 1.38 bits per heavy atom. The van der Waals surface area contributed by atoms with Gasteiger partial charge in [-0.15, -0.1) is 0 Å². The lowest BCUT2D eigenvalue weighted by Gasteiger charge is -2.33. The Kier molecular flexibility index (Phi) is 4.18. The fraction of sp³-hybridized carbons (Fsp3) is 0.917. The molecular weight excluding hydrogens is 204 g/mol. The molecule has 2 aliphatic rings. The highest BCUT2D eigenvalue weighted by atomic mass is 16.5. The van der Waals surface area contributed by atoms with Gasteiger partial charge in [0.2, 0.25) is 5.91 Å². The van der Waals surface area contributed by atoms with Crippen molar-refractivity contribution in [3.63, 3.8) is 0 Å². The Hall–Kier alpha value is -0.610. The van der Waals surface area contributed by atoms with Crippen LogP contribution in [0, 0.1) is 5.92 Å². The van der Waals surface area contributed by atoms with Crippen LogP contribution in [0.4, 0.5) is 0 Å². The van der Waals surface area contributed by atoms with Crippen molar-refractivity contribution in [1.82, 2.24) is 10.2 Å². The number of methoxy groups -OCH3 is 1. The molecule has 4 nitrogen and oxygen atoms in total. The molecule has 1 amide bonds. The topological polar surface area (TPSA) is 41.6 Å². The number of ether oxygens (including phenoxy) is 1. The number of nitrogens with one attached hydrogen (secondary N) is 1. The Morgan fingerprint density at radius 3 is 2.69 bits per heavy atom. The Labute approximate surface area is 97.3 Å². The van der Waals surface area contributed by atoms with Crippen LogP contribution in [0.3, 0.4) is 0 Å². The molecule has 0 saturated carbocycles. The largest absolute Gasteiger partial charge is 0.384 e. The third kappa shape index (κ3) is 2.74. The highest BCUT2D eigenvalue weighted by Gasteiger charge is 2.29. The number of likely N-dealkylation sites (tertiary alicyclic amines) is 1. The van der Waals surface area contributed by atoms with Gasteiger partial charge in [-0.25, -0.2) is 0 Å². The number of rotatable bonds is 3. The normalized spacial score (nSPS) is 27.3. The molecule has 92 valence electrons. The van der Waals surface area contributed by atoms with Crippen molar-refractivity contribution in [2.24, 2.45) is 5.92 Å². The van der Waals surface area contributed by atoms with Crippen LogP contribution in [-0.4, -0.2) is 50.2 Å². The molecule has 0 spiro atoms. The average molecular weight is 226 g/mol. The van der Waals surface area contributed by atoms with Crippen LogP contribution in [0.2, 0.25) is 0 Å². The first kappa shape index (κ1) is 11.9. The van der Waals surface area contributed by atoms with E-state index in [1.54, 1.807) is 7.11 Å². The summed E-state index contributed by atoms with van der Waals surface area (Å²) in [5.74, 6) is 0.957. The number of hydrogen-bond acceptors (Lipinski definition) is 3. The molecule has 1 unspecified atom stereocenters. The van der Waals surface area contributed by atoms with Gasteiger partial charge in [0.1, 0.15) is 0 Å². The molecule has 0 aromatic heterocycles. The minimum absolute atomic E-state index is 0.0963. The third-order valence-electron chi connectivity index (χ3n) is 3.69. The summed E-state index contributed by atoms with van der Waals surface area (Å²) >= 11 is 0. The minimum Gasteiger partial charge on any atom is -0.384 e.